The molecular weight excluding hydrogens is 314 g/mol. The molecule has 0 saturated carbocycles. The van der Waals surface area contributed by atoms with Crippen LogP contribution in [0.3, 0.4) is 0 Å². The van der Waals surface area contributed by atoms with Gasteiger partial charge in [-0.2, -0.15) is 8.42 Å². The standard InChI is InChI=1S/C16H23N3O3S/c1-4-13(2)18-11-16(17-12-18)23(21,22)19(10-14(3)20)15-8-6-5-7-9-15/h5-9,11-14,20H,4,10H2,1-3H3/t13-,14-/m1/s1. The third-order valence-corrected chi connectivity index (χ3v) is 5.39. The molecule has 7 heteroatoms. The van der Waals surface area contributed by atoms with Crippen LogP contribution in [-0.4, -0.2) is 35.7 Å². The lowest BCUT2D eigenvalue weighted by Crippen LogP contribution is -2.36. The van der Waals surface area contributed by atoms with Gasteiger partial charge in [0.1, 0.15) is 0 Å². The van der Waals surface area contributed by atoms with Crippen LogP contribution in [0.4, 0.5) is 5.69 Å². The lowest BCUT2D eigenvalue weighted by molar-refractivity contribution is 0.204. The third kappa shape index (κ3) is 3.92. The van der Waals surface area contributed by atoms with Crippen LogP contribution in [0.1, 0.15) is 33.2 Å². The topological polar surface area (TPSA) is 75.4 Å². The summed E-state index contributed by atoms with van der Waals surface area (Å²) in [5.74, 6) is 0. The van der Waals surface area contributed by atoms with E-state index in [1.54, 1.807) is 42.0 Å². The van der Waals surface area contributed by atoms with Crippen LogP contribution in [0.25, 0.3) is 0 Å². The van der Waals surface area contributed by atoms with Gasteiger partial charge in [0.2, 0.25) is 0 Å². The summed E-state index contributed by atoms with van der Waals surface area (Å²) in [7, 11) is -3.83. The summed E-state index contributed by atoms with van der Waals surface area (Å²) in [6, 6.07) is 8.91. The average Bonchev–Trinajstić information content (AvgIpc) is 3.03. The highest BCUT2D eigenvalue weighted by molar-refractivity contribution is 7.92. The molecule has 6 nitrogen and oxygen atoms in total. The SMILES string of the molecule is CC[C@@H](C)n1cnc(S(=O)(=O)N(C[C@@H](C)O)c2ccccc2)c1. The number of aliphatic hydroxyl groups excluding tert-OH is 1. The van der Waals surface area contributed by atoms with Crippen molar-refractivity contribution in [1.29, 1.82) is 0 Å². The fourth-order valence-electron chi connectivity index (χ4n) is 2.19. The van der Waals surface area contributed by atoms with E-state index in [0.717, 1.165) is 6.42 Å². The van der Waals surface area contributed by atoms with Crippen LogP contribution >= 0.6 is 0 Å². The Hall–Kier alpha value is -1.86. The van der Waals surface area contributed by atoms with Crippen molar-refractivity contribution in [3.63, 3.8) is 0 Å². The van der Waals surface area contributed by atoms with E-state index in [1.165, 1.54) is 10.6 Å². The van der Waals surface area contributed by atoms with Crippen LogP contribution in [-0.2, 0) is 10.0 Å². The number of nitrogens with zero attached hydrogens (tertiary/aromatic N) is 3. The summed E-state index contributed by atoms with van der Waals surface area (Å²) in [6.07, 6.45) is 3.17. The van der Waals surface area contributed by atoms with E-state index in [9.17, 15) is 13.5 Å². The number of anilines is 1. The molecule has 1 aromatic heterocycles. The van der Waals surface area contributed by atoms with E-state index in [-0.39, 0.29) is 17.6 Å². The number of para-hydroxylation sites is 1. The van der Waals surface area contributed by atoms with Crippen LogP contribution in [0, 0.1) is 0 Å². The Morgan fingerprint density at radius 1 is 1.26 bits per heavy atom. The Labute approximate surface area is 137 Å². The highest BCUT2D eigenvalue weighted by Crippen LogP contribution is 2.23. The number of benzene rings is 1. The van der Waals surface area contributed by atoms with Crippen molar-refractivity contribution >= 4 is 15.7 Å². The molecule has 0 aliphatic heterocycles. The van der Waals surface area contributed by atoms with E-state index < -0.39 is 16.1 Å². The van der Waals surface area contributed by atoms with Gasteiger partial charge in [-0.15, -0.1) is 0 Å². The molecule has 0 fully saturated rings. The minimum atomic E-state index is -3.83. The molecule has 0 amide bonds. The smallest absolute Gasteiger partial charge is 0.283 e. The van der Waals surface area contributed by atoms with Crippen molar-refractivity contribution in [2.24, 2.45) is 0 Å². The van der Waals surface area contributed by atoms with E-state index in [0.29, 0.717) is 5.69 Å². The Kier molecular flexibility index (Phi) is 5.43. The fraction of sp³-hybridized carbons (Fsp3) is 0.438. The molecule has 0 unspecified atom stereocenters. The highest BCUT2D eigenvalue weighted by atomic mass is 32.2. The molecule has 2 atom stereocenters. The quantitative estimate of drug-likeness (QED) is 0.842. The predicted molar refractivity (Wildman–Crippen MR) is 89.9 cm³/mol. The van der Waals surface area contributed by atoms with Crippen LogP contribution in [0.15, 0.2) is 47.9 Å². The lowest BCUT2D eigenvalue weighted by Gasteiger charge is -2.24. The normalized spacial score (nSPS) is 14.4. The summed E-state index contributed by atoms with van der Waals surface area (Å²) < 4.78 is 28.8. The number of aromatic nitrogens is 2. The van der Waals surface area contributed by atoms with Crippen molar-refractivity contribution < 1.29 is 13.5 Å². The van der Waals surface area contributed by atoms with Gasteiger partial charge in [-0.1, -0.05) is 25.1 Å². The second-order valence-electron chi connectivity index (χ2n) is 5.64. The molecule has 1 N–H and O–H groups in total. The number of aliphatic hydroxyl groups is 1. The van der Waals surface area contributed by atoms with Crippen molar-refractivity contribution in [1.82, 2.24) is 9.55 Å². The Balaban J connectivity index is 2.42. The molecule has 2 aromatic rings. The first-order valence-electron chi connectivity index (χ1n) is 7.65. The van der Waals surface area contributed by atoms with E-state index in [4.69, 9.17) is 0 Å². The maximum absolute atomic E-state index is 12.9. The van der Waals surface area contributed by atoms with Crippen molar-refractivity contribution in [3.8, 4) is 0 Å². The molecular formula is C16H23N3O3S. The molecule has 0 radical (unpaired) electrons. The van der Waals surface area contributed by atoms with Crippen LogP contribution in [0.2, 0.25) is 0 Å². The van der Waals surface area contributed by atoms with Gasteiger partial charge in [-0.25, -0.2) is 4.98 Å². The summed E-state index contributed by atoms with van der Waals surface area (Å²) >= 11 is 0. The van der Waals surface area contributed by atoms with E-state index in [2.05, 4.69) is 4.98 Å². The van der Waals surface area contributed by atoms with Crippen molar-refractivity contribution in [2.75, 3.05) is 10.8 Å². The van der Waals surface area contributed by atoms with Gasteiger partial charge in [-0.05, 0) is 32.4 Å². The van der Waals surface area contributed by atoms with Gasteiger partial charge >= 0.3 is 0 Å². The lowest BCUT2D eigenvalue weighted by atomic mass is 10.3. The maximum Gasteiger partial charge on any atom is 0.283 e. The molecule has 1 heterocycles. The predicted octanol–water partition coefficient (Wildman–Crippen LogP) is 2.43. The second-order valence-corrected chi connectivity index (χ2v) is 7.45. The average molecular weight is 337 g/mol. The summed E-state index contributed by atoms with van der Waals surface area (Å²) in [6.45, 7) is 5.57. The van der Waals surface area contributed by atoms with E-state index >= 15 is 0 Å². The molecule has 0 saturated heterocycles. The third-order valence-electron chi connectivity index (χ3n) is 3.71. The first-order valence-corrected chi connectivity index (χ1v) is 9.09. The number of rotatable bonds is 7. The monoisotopic (exact) mass is 337 g/mol. The highest BCUT2D eigenvalue weighted by Gasteiger charge is 2.28. The minimum Gasteiger partial charge on any atom is -0.392 e. The van der Waals surface area contributed by atoms with Crippen molar-refractivity contribution in [3.05, 3.63) is 42.9 Å². The van der Waals surface area contributed by atoms with Gasteiger partial charge < -0.3 is 9.67 Å². The first kappa shape index (κ1) is 17.5. The maximum atomic E-state index is 12.9. The first-order chi connectivity index (χ1) is 10.9. The zero-order valence-electron chi connectivity index (χ0n) is 13.6. The molecule has 0 aliphatic rings. The summed E-state index contributed by atoms with van der Waals surface area (Å²) in [4.78, 5) is 4.06. The van der Waals surface area contributed by atoms with Crippen LogP contribution in [0.5, 0.6) is 0 Å². The van der Waals surface area contributed by atoms with E-state index in [1.807, 2.05) is 19.9 Å². The molecule has 0 spiro atoms. The number of sulfonamides is 1. The van der Waals surface area contributed by atoms with Gasteiger partial charge in [-0.3, -0.25) is 4.31 Å². The van der Waals surface area contributed by atoms with Gasteiger partial charge in [0.15, 0.2) is 5.03 Å². The number of imidazole rings is 1. The summed E-state index contributed by atoms with van der Waals surface area (Å²) in [5.41, 5.74) is 0.506. The molecule has 0 aliphatic carbocycles. The van der Waals surface area contributed by atoms with Gasteiger partial charge in [0.05, 0.1) is 24.7 Å². The minimum absolute atomic E-state index is 0.0118. The van der Waals surface area contributed by atoms with Gasteiger partial charge in [0.25, 0.3) is 10.0 Å². The second kappa shape index (κ2) is 7.14. The van der Waals surface area contributed by atoms with Gasteiger partial charge in [0, 0.05) is 12.2 Å². The zero-order chi connectivity index (χ0) is 17.0. The molecule has 23 heavy (non-hydrogen) atoms. The zero-order valence-corrected chi connectivity index (χ0v) is 14.4. The number of hydrogen-bond acceptors (Lipinski definition) is 4. The van der Waals surface area contributed by atoms with Crippen LogP contribution < -0.4 is 4.31 Å². The Morgan fingerprint density at radius 2 is 1.91 bits per heavy atom. The molecule has 126 valence electrons. The molecule has 2 rings (SSSR count). The fourth-order valence-corrected chi connectivity index (χ4v) is 3.66. The molecule has 0 bridgehead atoms. The largest absolute Gasteiger partial charge is 0.392 e. The molecule has 1 aromatic carbocycles. The Bertz CT molecular complexity index is 726. The Morgan fingerprint density at radius 3 is 2.48 bits per heavy atom. The summed E-state index contributed by atoms with van der Waals surface area (Å²) in [5, 5.41) is 9.68. The number of hydrogen-bond donors (Lipinski definition) is 1. The van der Waals surface area contributed by atoms with Crippen molar-refractivity contribution in [2.45, 2.75) is 44.4 Å².